The molecule has 0 bridgehead atoms. The molecule has 0 aliphatic rings. The molecule has 0 heterocycles. The Hall–Kier alpha value is -1.05. The van der Waals surface area contributed by atoms with Crippen molar-refractivity contribution in [1.82, 2.24) is 0 Å². The van der Waals surface area contributed by atoms with E-state index in [2.05, 4.69) is 17.9 Å². The molecule has 7 heteroatoms. The van der Waals surface area contributed by atoms with Gasteiger partial charge in [0.05, 0.1) is 10.6 Å². The minimum absolute atomic E-state index is 0.0417. The Morgan fingerprint density at radius 3 is 2.27 bits per heavy atom. The first kappa shape index (κ1) is 12.0. The number of rotatable bonds is 3. The number of hydrogen-bond donors (Lipinski definition) is 3. The summed E-state index contributed by atoms with van der Waals surface area (Å²) in [6.45, 7) is 0. The number of anilines is 1. The van der Waals surface area contributed by atoms with E-state index in [9.17, 15) is 13.2 Å². The van der Waals surface area contributed by atoms with Crippen molar-refractivity contribution in [3.8, 4) is 0 Å². The van der Waals surface area contributed by atoms with Crippen LogP contribution >= 0.6 is 12.6 Å². The summed E-state index contributed by atoms with van der Waals surface area (Å²) >= 11 is 3.76. The Kier molecular flexibility index (Phi) is 3.72. The predicted molar refractivity (Wildman–Crippen MR) is 58.7 cm³/mol. The molecule has 1 aromatic rings. The quantitative estimate of drug-likeness (QED) is 0.545. The smallest absolute Gasteiger partial charge is 0.294 e. The largest absolute Gasteiger partial charge is 0.325 e. The van der Waals surface area contributed by atoms with E-state index in [0.717, 1.165) is 0 Å². The van der Waals surface area contributed by atoms with Crippen molar-refractivity contribution < 1.29 is 17.8 Å². The molecular weight excluding hydrogens is 238 g/mol. The second kappa shape index (κ2) is 4.65. The number of nitrogens with one attached hydrogen (secondary N) is 1. The van der Waals surface area contributed by atoms with E-state index in [4.69, 9.17) is 4.55 Å². The zero-order valence-corrected chi connectivity index (χ0v) is 9.25. The van der Waals surface area contributed by atoms with Gasteiger partial charge >= 0.3 is 0 Å². The molecular formula is C8H9NO4S2. The van der Waals surface area contributed by atoms with Crippen LogP contribution in [0.5, 0.6) is 0 Å². The van der Waals surface area contributed by atoms with Gasteiger partial charge in [0.1, 0.15) is 0 Å². The van der Waals surface area contributed by atoms with Gasteiger partial charge < -0.3 is 5.32 Å². The lowest BCUT2D eigenvalue weighted by Crippen LogP contribution is -2.12. The summed E-state index contributed by atoms with van der Waals surface area (Å²) in [5.41, 5.74) is 0.446. The zero-order chi connectivity index (χ0) is 11.5. The van der Waals surface area contributed by atoms with Crippen LogP contribution in [-0.2, 0) is 14.9 Å². The molecule has 0 unspecified atom stereocenters. The van der Waals surface area contributed by atoms with Gasteiger partial charge in [0.15, 0.2) is 0 Å². The minimum Gasteiger partial charge on any atom is -0.325 e. The van der Waals surface area contributed by atoms with Crippen molar-refractivity contribution in [1.29, 1.82) is 0 Å². The van der Waals surface area contributed by atoms with Gasteiger partial charge in [-0.3, -0.25) is 9.35 Å². The fraction of sp³-hybridized carbons (Fsp3) is 0.125. The standard InChI is InChI=1S/C8H9NO4S2/c10-8(5-14)9-6-1-3-7(4-2-6)15(11,12)13/h1-4,14H,5H2,(H,9,10)(H,11,12,13). The highest BCUT2D eigenvalue weighted by Gasteiger charge is 2.08. The number of amides is 1. The third kappa shape index (κ3) is 3.54. The number of carbonyl (C=O) groups excluding carboxylic acids is 1. The van der Waals surface area contributed by atoms with Crippen LogP contribution in [0.4, 0.5) is 5.69 Å². The van der Waals surface area contributed by atoms with E-state index < -0.39 is 10.1 Å². The molecule has 0 atom stereocenters. The molecule has 0 aromatic heterocycles. The minimum atomic E-state index is -4.18. The van der Waals surface area contributed by atoms with Gasteiger partial charge in [-0.2, -0.15) is 21.0 Å². The highest BCUT2D eigenvalue weighted by Crippen LogP contribution is 2.13. The SMILES string of the molecule is O=C(CS)Nc1ccc(S(=O)(=O)O)cc1. The first-order chi connectivity index (χ1) is 6.93. The van der Waals surface area contributed by atoms with Crippen molar-refractivity contribution in [3.05, 3.63) is 24.3 Å². The van der Waals surface area contributed by atoms with Crippen LogP contribution in [0.25, 0.3) is 0 Å². The molecule has 0 radical (unpaired) electrons. The second-order valence-corrected chi connectivity index (χ2v) is 4.44. The van der Waals surface area contributed by atoms with Crippen molar-refractivity contribution >= 4 is 34.3 Å². The third-order valence-corrected chi connectivity index (χ3v) is 2.73. The molecule has 0 fully saturated rings. The van der Waals surface area contributed by atoms with Crippen molar-refractivity contribution in [2.75, 3.05) is 11.1 Å². The van der Waals surface area contributed by atoms with Crippen LogP contribution < -0.4 is 5.32 Å². The predicted octanol–water partition coefficient (Wildman–Crippen LogP) is 0.802. The van der Waals surface area contributed by atoms with Crippen LogP contribution in [0.15, 0.2) is 29.2 Å². The van der Waals surface area contributed by atoms with E-state index in [-0.39, 0.29) is 16.6 Å². The van der Waals surface area contributed by atoms with Crippen molar-refractivity contribution in [3.63, 3.8) is 0 Å². The Morgan fingerprint density at radius 2 is 1.87 bits per heavy atom. The second-order valence-electron chi connectivity index (χ2n) is 2.71. The lowest BCUT2D eigenvalue weighted by molar-refractivity contribution is -0.113. The molecule has 1 amide bonds. The van der Waals surface area contributed by atoms with Gasteiger partial charge in [-0.05, 0) is 24.3 Å². The molecule has 5 nitrogen and oxygen atoms in total. The number of thiol groups is 1. The summed E-state index contributed by atoms with van der Waals surface area (Å²) < 4.78 is 30.0. The highest BCUT2D eigenvalue weighted by atomic mass is 32.2. The van der Waals surface area contributed by atoms with E-state index >= 15 is 0 Å². The summed E-state index contributed by atoms with van der Waals surface area (Å²) in [4.78, 5) is 10.7. The molecule has 2 N–H and O–H groups in total. The molecule has 0 aliphatic carbocycles. The van der Waals surface area contributed by atoms with E-state index in [1.807, 2.05) is 0 Å². The zero-order valence-electron chi connectivity index (χ0n) is 7.54. The average Bonchev–Trinajstić information content (AvgIpc) is 2.17. The maximum absolute atomic E-state index is 10.9. The van der Waals surface area contributed by atoms with Gasteiger partial charge in [-0.1, -0.05) is 0 Å². The number of benzene rings is 1. The Bertz CT molecular complexity index is 452. The number of hydrogen-bond acceptors (Lipinski definition) is 4. The monoisotopic (exact) mass is 247 g/mol. The van der Waals surface area contributed by atoms with Crippen LogP contribution in [0.3, 0.4) is 0 Å². The van der Waals surface area contributed by atoms with Crippen LogP contribution in [0.1, 0.15) is 0 Å². The van der Waals surface area contributed by atoms with E-state index in [1.165, 1.54) is 24.3 Å². The van der Waals surface area contributed by atoms with Crippen LogP contribution in [0, 0.1) is 0 Å². The lowest BCUT2D eigenvalue weighted by Gasteiger charge is -2.03. The van der Waals surface area contributed by atoms with Crippen LogP contribution in [0.2, 0.25) is 0 Å². The van der Waals surface area contributed by atoms with Gasteiger partial charge in [0, 0.05) is 5.69 Å². The first-order valence-corrected chi connectivity index (χ1v) is 5.99. The topological polar surface area (TPSA) is 83.5 Å². The fourth-order valence-corrected chi connectivity index (χ4v) is 1.47. The van der Waals surface area contributed by atoms with E-state index in [1.54, 1.807) is 0 Å². The Labute approximate surface area is 92.7 Å². The summed E-state index contributed by atoms with van der Waals surface area (Å²) in [7, 11) is -4.18. The summed E-state index contributed by atoms with van der Waals surface area (Å²) in [6.07, 6.45) is 0. The summed E-state index contributed by atoms with van der Waals surface area (Å²) in [5, 5.41) is 2.48. The normalized spacial score (nSPS) is 11.1. The van der Waals surface area contributed by atoms with Crippen molar-refractivity contribution in [2.45, 2.75) is 4.90 Å². The van der Waals surface area contributed by atoms with Gasteiger partial charge in [-0.25, -0.2) is 0 Å². The van der Waals surface area contributed by atoms with E-state index in [0.29, 0.717) is 5.69 Å². The molecule has 82 valence electrons. The first-order valence-electron chi connectivity index (χ1n) is 3.92. The van der Waals surface area contributed by atoms with Crippen molar-refractivity contribution in [2.24, 2.45) is 0 Å². The highest BCUT2D eigenvalue weighted by molar-refractivity contribution is 7.85. The van der Waals surface area contributed by atoms with Gasteiger partial charge in [0.25, 0.3) is 10.1 Å². The molecule has 0 saturated carbocycles. The van der Waals surface area contributed by atoms with Gasteiger partial charge in [0.2, 0.25) is 5.91 Å². The molecule has 0 aliphatic heterocycles. The molecule has 0 spiro atoms. The summed E-state index contributed by atoms with van der Waals surface area (Å²) in [5.74, 6) is -0.252. The Morgan fingerprint density at radius 1 is 1.33 bits per heavy atom. The molecule has 1 rings (SSSR count). The molecule has 15 heavy (non-hydrogen) atoms. The van der Waals surface area contributed by atoms with Gasteiger partial charge in [-0.15, -0.1) is 0 Å². The average molecular weight is 247 g/mol. The van der Waals surface area contributed by atoms with Crippen LogP contribution in [-0.4, -0.2) is 24.6 Å². The molecule has 1 aromatic carbocycles. The fourth-order valence-electron chi connectivity index (χ4n) is 0.911. The Balaban J connectivity index is 2.86. The molecule has 0 saturated heterocycles. The third-order valence-electron chi connectivity index (χ3n) is 1.58. The number of carbonyl (C=O) groups is 1. The maximum atomic E-state index is 10.9. The maximum Gasteiger partial charge on any atom is 0.294 e. The summed E-state index contributed by atoms with van der Waals surface area (Å²) in [6, 6.07) is 5.15. The lowest BCUT2D eigenvalue weighted by atomic mass is 10.3.